The van der Waals surface area contributed by atoms with Gasteiger partial charge in [-0.2, -0.15) is 0 Å². The Labute approximate surface area is 115 Å². The van der Waals surface area contributed by atoms with Crippen LogP contribution in [-0.4, -0.2) is 24.2 Å². The van der Waals surface area contributed by atoms with Gasteiger partial charge in [-0.05, 0) is 31.4 Å². The van der Waals surface area contributed by atoms with Crippen molar-refractivity contribution in [1.82, 2.24) is 4.98 Å². The van der Waals surface area contributed by atoms with E-state index in [0.29, 0.717) is 0 Å². The first-order valence-electron chi connectivity index (χ1n) is 6.07. The molecule has 5 heteroatoms. The first-order valence-corrected chi connectivity index (χ1v) is 7.26. The van der Waals surface area contributed by atoms with Gasteiger partial charge in [-0.25, -0.2) is 4.98 Å². The van der Waals surface area contributed by atoms with Crippen molar-refractivity contribution >= 4 is 38.3 Å². The van der Waals surface area contributed by atoms with Crippen molar-refractivity contribution < 1.29 is 4.74 Å². The molecule has 1 aromatic carbocycles. The van der Waals surface area contributed by atoms with E-state index in [1.54, 1.807) is 18.4 Å². The molecular formula is C13H15ClN2OS. The van der Waals surface area contributed by atoms with E-state index in [1.807, 2.05) is 18.2 Å². The van der Waals surface area contributed by atoms with Crippen molar-refractivity contribution in [2.24, 2.45) is 0 Å². The molecule has 1 aliphatic carbocycles. The van der Waals surface area contributed by atoms with Gasteiger partial charge in [0.15, 0.2) is 5.13 Å². The van der Waals surface area contributed by atoms with Crippen LogP contribution in [0.25, 0.3) is 10.2 Å². The van der Waals surface area contributed by atoms with Gasteiger partial charge >= 0.3 is 0 Å². The Balaban J connectivity index is 1.77. The predicted molar refractivity (Wildman–Crippen MR) is 76.7 cm³/mol. The number of rotatable bonds is 4. The van der Waals surface area contributed by atoms with Gasteiger partial charge in [0.05, 0.1) is 20.8 Å². The second-order valence-corrected chi connectivity index (χ2v) is 6.11. The molecule has 1 saturated carbocycles. The number of thiazole rings is 1. The van der Waals surface area contributed by atoms with Crippen LogP contribution in [0.2, 0.25) is 5.02 Å². The maximum atomic E-state index is 6.14. The van der Waals surface area contributed by atoms with Crippen molar-refractivity contribution in [2.75, 3.05) is 19.0 Å². The number of hydrogen-bond donors (Lipinski definition) is 1. The summed E-state index contributed by atoms with van der Waals surface area (Å²) in [6.45, 7) is 0.820. The van der Waals surface area contributed by atoms with Crippen LogP contribution >= 0.6 is 22.9 Å². The number of hydrogen-bond acceptors (Lipinski definition) is 4. The van der Waals surface area contributed by atoms with Crippen LogP contribution in [0.4, 0.5) is 5.13 Å². The molecule has 0 bridgehead atoms. The number of nitrogens with zero attached hydrogens (tertiary/aromatic N) is 1. The molecular weight excluding hydrogens is 268 g/mol. The molecule has 0 amide bonds. The predicted octanol–water partition coefficient (Wildman–Crippen LogP) is 3.93. The zero-order chi connectivity index (χ0) is 12.6. The van der Waals surface area contributed by atoms with Gasteiger partial charge in [0, 0.05) is 13.7 Å². The molecule has 96 valence electrons. The van der Waals surface area contributed by atoms with Gasteiger partial charge in [-0.15, -0.1) is 0 Å². The van der Waals surface area contributed by atoms with E-state index in [4.69, 9.17) is 16.3 Å². The maximum Gasteiger partial charge on any atom is 0.183 e. The number of benzene rings is 1. The number of ether oxygens (including phenoxy) is 1. The molecule has 3 nitrogen and oxygen atoms in total. The number of anilines is 1. The van der Waals surface area contributed by atoms with E-state index in [0.717, 1.165) is 39.8 Å². The summed E-state index contributed by atoms with van der Waals surface area (Å²) in [7, 11) is 1.79. The summed E-state index contributed by atoms with van der Waals surface area (Å²) in [6, 6.07) is 5.81. The lowest BCUT2D eigenvalue weighted by Crippen LogP contribution is -2.45. The molecule has 0 atom stereocenters. The first-order chi connectivity index (χ1) is 8.72. The molecule has 1 heterocycles. The lowest BCUT2D eigenvalue weighted by atomic mass is 9.80. The average Bonchev–Trinajstić information content (AvgIpc) is 2.73. The van der Waals surface area contributed by atoms with Gasteiger partial charge in [-0.1, -0.05) is 29.0 Å². The van der Waals surface area contributed by atoms with Crippen LogP contribution < -0.4 is 5.32 Å². The second kappa shape index (κ2) is 4.68. The third kappa shape index (κ3) is 2.09. The van der Waals surface area contributed by atoms with Crippen LogP contribution in [0, 0.1) is 0 Å². The fraction of sp³-hybridized carbons (Fsp3) is 0.462. The van der Waals surface area contributed by atoms with Gasteiger partial charge in [0.1, 0.15) is 0 Å². The lowest BCUT2D eigenvalue weighted by Gasteiger charge is -2.40. The Morgan fingerprint density at radius 2 is 2.33 bits per heavy atom. The molecule has 1 aliphatic rings. The first kappa shape index (κ1) is 12.2. The van der Waals surface area contributed by atoms with E-state index >= 15 is 0 Å². The minimum atomic E-state index is 0.0155. The van der Waals surface area contributed by atoms with Gasteiger partial charge < -0.3 is 10.1 Å². The molecule has 1 aromatic heterocycles. The van der Waals surface area contributed by atoms with Crippen LogP contribution in [0.15, 0.2) is 18.2 Å². The van der Waals surface area contributed by atoms with E-state index in [9.17, 15) is 0 Å². The molecule has 1 N–H and O–H groups in total. The van der Waals surface area contributed by atoms with Crippen molar-refractivity contribution in [3.8, 4) is 0 Å². The van der Waals surface area contributed by atoms with Crippen molar-refractivity contribution in [3.05, 3.63) is 23.2 Å². The molecule has 0 aliphatic heterocycles. The lowest BCUT2D eigenvalue weighted by molar-refractivity contribution is -0.0601. The van der Waals surface area contributed by atoms with Crippen LogP contribution in [0.5, 0.6) is 0 Å². The van der Waals surface area contributed by atoms with Crippen molar-refractivity contribution in [3.63, 3.8) is 0 Å². The highest BCUT2D eigenvalue weighted by atomic mass is 35.5. The molecule has 0 saturated heterocycles. The zero-order valence-corrected chi connectivity index (χ0v) is 11.8. The monoisotopic (exact) mass is 282 g/mol. The summed E-state index contributed by atoms with van der Waals surface area (Å²) in [6.07, 6.45) is 3.51. The normalized spacial score (nSPS) is 17.7. The molecule has 0 unspecified atom stereocenters. The minimum absolute atomic E-state index is 0.0155. The van der Waals surface area contributed by atoms with Crippen LogP contribution in [0.3, 0.4) is 0 Å². The summed E-state index contributed by atoms with van der Waals surface area (Å²) in [4.78, 5) is 4.54. The number of fused-ring (bicyclic) bond motifs is 1. The summed E-state index contributed by atoms with van der Waals surface area (Å²) in [5, 5.41) is 5.06. The Bertz CT molecular complexity index is 560. The molecule has 18 heavy (non-hydrogen) atoms. The number of aromatic nitrogens is 1. The summed E-state index contributed by atoms with van der Waals surface area (Å²) in [5.41, 5.74) is 0.969. The fourth-order valence-corrected chi connectivity index (χ4v) is 3.40. The van der Waals surface area contributed by atoms with Crippen molar-refractivity contribution in [1.29, 1.82) is 0 Å². The van der Waals surface area contributed by atoms with Gasteiger partial charge in [0.2, 0.25) is 0 Å². The number of nitrogens with one attached hydrogen (secondary N) is 1. The van der Waals surface area contributed by atoms with Crippen LogP contribution in [-0.2, 0) is 4.74 Å². The third-order valence-corrected chi connectivity index (χ3v) is 5.12. The van der Waals surface area contributed by atoms with E-state index in [-0.39, 0.29) is 5.60 Å². The third-order valence-electron chi connectivity index (χ3n) is 3.63. The average molecular weight is 283 g/mol. The molecule has 2 aromatic rings. The smallest absolute Gasteiger partial charge is 0.183 e. The molecule has 1 fully saturated rings. The highest BCUT2D eigenvalue weighted by molar-refractivity contribution is 7.22. The fourth-order valence-electron chi connectivity index (χ4n) is 2.25. The quantitative estimate of drug-likeness (QED) is 0.922. The SMILES string of the molecule is COC1(CNc2nc3cccc(Cl)c3s2)CCC1. The van der Waals surface area contributed by atoms with Gasteiger partial charge in [0.25, 0.3) is 0 Å². The van der Waals surface area contributed by atoms with E-state index < -0.39 is 0 Å². The number of methoxy groups -OCH3 is 1. The standard InChI is InChI=1S/C13H15ClN2OS/c1-17-13(6-3-7-13)8-15-12-16-10-5-2-4-9(14)11(10)18-12/h2,4-5H,3,6-8H2,1H3,(H,15,16). The Kier molecular flexibility index (Phi) is 3.18. The van der Waals surface area contributed by atoms with E-state index in [1.165, 1.54) is 6.42 Å². The minimum Gasteiger partial charge on any atom is -0.376 e. The largest absolute Gasteiger partial charge is 0.376 e. The zero-order valence-electron chi connectivity index (χ0n) is 10.2. The van der Waals surface area contributed by atoms with Gasteiger partial charge in [-0.3, -0.25) is 0 Å². The van der Waals surface area contributed by atoms with E-state index in [2.05, 4.69) is 10.3 Å². The summed E-state index contributed by atoms with van der Waals surface area (Å²) < 4.78 is 6.62. The van der Waals surface area contributed by atoms with Crippen LogP contribution in [0.1, 0.15) is 19.3 Å². The Hall–Kier alpha value is -0.840. The molecule has 3 rings (SSSR count). The second-order valence-electron chi connectivity index (χ2n) is 4.70. The molecule has 0 spiro atoms. The summed E-state index contributed by atoms with van der Waals surface area (Å²) in [5.74, 6) is 0. The maximum absolute atomic E-state index is 6.14. The topological polar surface area (TPSA) is 34.1 Å². The molecule has 0 radical (unpaired) electrons. The Morgan fingerprint density at radius 1 is 1.50 bits per heavy atom. The highest BCUT2D eigenvalue weighted by Crippen LogP contribution is 2.36. The highest BCUT2D eigenvalue weighted by Gasteiger charge is 2.36. The Morgan fingerprint density at radius 3 is 2.94 bits per heavy atom. The number of halogens is 1. The van der Waals surface area contributed by atoms with Crippen molar-refractivity contribution in [2.45, 2.75) is 24.9 Å². The summed E-state index contributed by atoms with van der Waals surface area (Å²) >= 11 is 7.74.